The Hall–Kier alpha value is 0.390. The van der Waals surface area contributed by atoms with Crippen LogP contribution in [0.1, 0.15) is 6.42 Å². The molecule has 82 valence electrons. The van der Waals surface area contributed by atoms with Gasteiger partial charge < -0.3 is 16.2 Å². The van der Waals surface area contributed by atoms with Crippen LogP contribution in [0.25, 0.3) is 0 Å². The van der Waals surface area contributed by atoms with E-state index in [1.54, 1.807) is 0 Å². The Morgan fingerprint density at radius 1 is 1.31 bits per heavy atom. The second kappa shape index (κ2) is 6.79. The van der Waals surface area contributed by atoms with Crippen LogP contribution in [0.2, 0.25) is 0 Å². The number of alkyl halides is 1. The molecule has 0 spiro atoms. The summed E-state index contributed by atoms with van der Waals surface area (Å²) in [5, 5.41) is 0. The molecule has 0 radical (unpaired) electrons. The summed E-state index contributed by atoms with van der Waals surface area (Å²) >= 11 is 0. The topological polar surface area (TPSA) is 61.3 Å². The Balaban J connectivity index is 0. The standard InChI is InChI=1S/C7H15FN2O.2ClH/c8-7(4-9,5-10)6-1-2-11-3-6;;/h6H,1-5,9-10H2;2*1H. The van der Waals surface area contributed by atoms with E-state index in [2.05, 4.69) is 0 Å². The third-order valence-electron chi connectivity index (χ3n) is 2.34. The monoisotopic (exact) mass is 234 g/mol. The highest BCUT2D eigenvalue weighted by atomic mass is 35.5. The fourth-order valence-corrected chi connectivity index (χ4v) is 1.36. The molecular weight excluding hydrogens is 218 g/mol. The van der Waals surface area contributed by atoms with E-state index in [0.29, 0.717) is 13.2 Å². The molecule has 4 N–H and O–H groups in total. The predicted molar refractivity (Wildman–Crippen MR) is 55.4 cm³/mol. The minimum absolute atomic E-state index is 0. The molecule has 1 unspecified atom stereocenters. The van der Waals surface area contributed by atoms with Gasteiger partial charge in [-0.1, -0.05) is 0 Å². The first-order valence-corrected chi connectivity index (χ1v) is 3.90. The third-order valence-corrected chi connectivity index (χ3v) is 2.34. The van der Waals surface area contributed by atoms with Gasteiger partial charge in [-0.05, 0) is 6.42 Å². The van der Waals surface area contributed by atoms with Gasteiger partial charge in [-0.3, -0.25) is 0 Å². The van der Waals surface area contributed by atoms with E-state index in [1.807, 2.05) is 0 Å². The molecule has 0 aromatic heterocycles. The van der Waals surface area contributed by atoms with E-state index in [-0.39, 0.29) is 43.8 Å². The second-order valence-corrected chi connectivity index (χ2v) is 3.00. The van der Waals surface area contributed by atoms with Crippen molar-refractivity contribution >= 4 is 24.8 Å². The van der Waals surface area contributed by atoms with Gasteiger partial charge in [0, 0.05) is 25.6 Å². The lowest BCUT2D eigenvalue weighted by Gasteiger charge is -2.27. The first kappa shape index (κ1) is 15.8. The first-order chi connectivity index (χ1) is 5.23. The van der Waals surface area contributed by atoms with Gasteiger partial charge >= 0.3 is 0 Å². The number of halogens is 3. The van der Waals surface area contributed by atoms with Gasteiger partial charge in [-0.25, -0.2) is 4.39 Å². The molecule has 6 heteroatoms. The van der Waals surface area contributed by atoms with Crippen LogP contribution in [-0.4, -0.2) is 32.0 Å². The van der Waals surface area contributed by atoms with E-state index in [4.69, 9.17) is 16.2 Å². The molecule has 0 saturated carbocycles. The Bertz CT molecular complexity index is 130. The second-order valence-electron chi connectivity index (χ2n) is 3.00. The van der Waals surface area contributed by atoms with E-state index in [1.165, 1.54) is 0 Å². The minimum Gasteiger partial charge on any atom is -0.381 e. The quantitative estimate of drug-likeness (QED) is 0.748. The maximum Gasteiger partial charge on any atom is 0.140 e. The zero-order chi connectivity index (χ0) is 8.32. The molecule has 0 aliphatic carbocycles. The largest absolute Gasteiger partial charge is 0.381 e. The summed E-state index contributed by atoms with van der Waals surface area (Å²) in [6, 6.07) is 0. The Morgan fingerprint density at radius 3 is 2.15 bits per heavy atom. The fourth-order valence-electron chi connectivity index (χ4n) is 1.36. The molecule has 1 aliphatic heterocycles. The summed E-state index contributed by atoms with van der Waals surface area (Å²) in [6.45, 7) is 1.09. The molecule has 0 amide bonds. The Labute approximate surface area is 90.2 Å². The molecule has 1 atom stereocenters. The highest BCUT2D eigenvalue weighted by Crippen LogP contribution is 2.27. The molecule has 3 nitrogen and oxygen atoms in total. The zero-order valence-electron chi connectivity index (χ0n) is 7.37. The fraction of sp³-hybridized carbons (Fsp3) is 1.00. The third kappa shape index (κ3) is 3.56. The molecule has 1 rings (SSSR count). The van der Waals surface area contributed by atoms with Crippen LogP contribution in [-0.2, 0) is 4.74 Å². The van der Waals surface area contributed by atoms with Crippen molar-refractivity contribution in [3.05, 3.63) is 0 Å². The Kier molecular flexibility index (Phi) is 8.27. The van der Waals surface area contributed by atoms with Crippen molar-refractivity contribution in [1.29, 1.82) is 0 Å². The number of hydrogen-bond donors (Lipinski definition) is 2. The van der Waals surface area contributed by atoms with Crippen molar-refractivity contribution in [1.82, 2.24) is 0 Å². The maximum absolute atomic E-state index is 13.6. The summed E-state index contributed by atoms with van der Waals surface area (Å²) in [7, 11) is 0. The lowest BCUT2D eigenvalue weighted by Crippen LogP contribution is -2.47. The summed E-state index contributed by atoms with van der Waals surface area (Å²) in [4.78, 5) is 0. The number of hydrogen-bond acceptors (Lipinski definition) is 3. The van der Waals surface area contributed by atoms with Crippen molar-refractivity contribution in [2.75, 3.05) is 26.3 Å². The number of nitrogens with two attached hydrogens (primary N) is 2. The van der Waals surface area contributed by atoms with E-state index in [0.717, 1.165) is 6.42 Å². The van der Waals surface area contributed by atoms with E-state index in [9.17, 15) is 4.39 Å². The van der Waals surface area contributed by atoms with Crippen molar-refractivity contribution in [3.63, 3.8) is 0 Å². The summed E-state index contributed by atoms with van der Waals surface area (Å²) in [5.41, 5.74) is 9.17. The van der Waals surface area contributed by atoms with Crippen molar-refractivity contribution in [2.24, 2.45) is 17.4 Å². The molecule has 1 aliphatic rings. The average Bonchev–Trinajstić information content (AvgIpc) is 2.55. The van der Waals surface area contributed by atoms with Crippen LogP contribution >= 0.6 is 24.8 Å². The molecule has 0 aromatic rings. The van der Waals surface area contributed by atoms with Crippen LogP contribution < -0.4 is 11.5 Å². The summed E-state index contributed by atoms with van der Waals surface area (Å²) in [5.74, 6) is -0.0995. The van der Waals surface area contributed by atoms with Crippen LogP contribution in [0.15, 0.2) is 0 Å². The van der Waals surface area contributed by atoms with Gasteiger partial charge in [0.15, 0.2) is 0 Å². The molecular formula is C7H17Cl2FN2O. The van der Waals surface area contributed by atoms with E-state index >= 15 is 0 Å². The van der Waals surface area contributed by atoms with Crippen molar-refractivity contribution in [3.8, 4) is 0 Å². The molecule has 1 saturated heterocycles. The minimum atomic E-state index is -1.41. The van der Waals surface area contributed by atoms with Crippen LogP contribution in [0.4, 0.5) is 4.39 Å². The van der Waals surface area contributed by atoms with Gasteiger partial charge in [0.25, 0.3) is 0 Å². The smallest absolute Gasteiger partial charge is 0.140 e. The van der Waals surface area contributed by atoms with Crippen LogP contribution in [0.5, 0.6) is 0 Å². The van der Waals surface area contributed by atoms with Gasteiger partial charge in [0.05, 0.1) is 6.61 Å². The van der Waals surface area contributed by atoms with Gasteiger partial charge in [0.1, 0.15) is 5.67 Å². The van der Waals surface area contributed by atoms with Crippen molar-refractivity contribution in [2.45, 2.75) is 12.1 Å². The molecule has 0 aromatic carbocycles. The predicted octanol–water partition coefficient (Wildman–Crippen LogP) is 0.492. The SMILES string of the molecule is Cl.Cl.NCC(F)(CN)C1CCOC1. The molecule has 1 fully saturated rings. The number of ether oxygens (including phenoxy) is 1. The van der Waals surface area contributed by atoms with Crippen molar-refractivity contribution < 1.29 is 9.13 Å². The molecule has 13 heavy (non-hydrogen) atoms. The zero-order valence-corrected chi connectivity index (χ0v) is 9.00. The first-order valence-electron chi connectivity index (χ1n) is 3.90. The average molecular weight is 235 g/mol. The molecule has 0 bridgehead atoms. The lowest BCUT2D eigenvalue weighted by molar-refractivity contribution is 0.0821. The highest BCUT2D eigenvalue weighted by molar-refractivity contribution is 5.85. The summed E-state index contributed by atoms with van der Waals surface area (Å²) in [6.07, 6.45) is 0.741. The maximum atomic E-state index is 13.6. The van der Waals surface area contributed by atoms with E-state index < -0.39 is 5.67 Å². The van der Waals surface area contributed by atoms with Gasteiger partial charge in [-0.2, -0.15) is 0 Å². The Morgan fingerprint density at radius 2 is 1.85 bits per heavy atom. The van der Waals surface area contributed by atoms with Gasteiger partial charge in [0.2, 0.25) is 0 Å². The number of rotatable bonds is 3. The molecule has 1 heterocycles. The van der Waals surface area contributed by atoms with Crippen LogP contribution in [0.3, 0.4) is 0 Å². The van der Waals surface area contributed by atoms with Crippen LogP contribution in [0, 0.1) is 5.92 Å². The van der Waals surface area contributed by atoms with Gasteiger partial charge in [-0.15, -0.1) is 24.8 Å². The normalized spacial score (nSPS) is 21.9. The highest BCUT2D eigenvalue weighted by Gasteiger charge is 2.38. The lowest BCUT2D eigenvalue weighted by atomic mass is 9.89. The summed E-state index contributed by atoms with van der Waals surface area (Å²) < 4.78 is 18.7.